The topological polar surface area (TPSA) is 123 Å². The Morgan fingerprint density at radius 2 is 1.82 bits per heavy atom. The highest BCUT2D eigenvalue weighted by atomic mass is 32.2. The number of carbonyl (C=O) groups excluding carboxylic acids is 1. The van der Waals surface area contributed by atoms with Gasteiger partial charge in [0.05, 0.1) is 25.8 Å². The van der Waals surface area contributed by atoms with Crippen molar-refractivity contribution in [1.82, 2.24) is 9.29 Å². The van der Waals surface area contributed by atoms with Crippen LogP contribution in [0.25, 0.3) is 10.6 Å². The SMILES string of the molecule is C[C@@H]1C[C@H](C)CN(S(=O)(=O)c2ccc(C(=O)Nc3nc(-c4cc([N+](=O)[O-])cs4)cs3)cc2)C1. The summed E-state index contributed by atoms with van der Waals surface area (Å²) in [5, 5.41) is 17.0. The van der Waals surface area contributed by atoms with Gasteiger partial charge in [0.2, 0.25) is 10.0 Å². The van der Waals surface area contributed by atoms with E-state index in [0.717, 1.165) is 6.42 Å². The molecule has 0 aliphatic carbocycles. The van der Waals surface area contributed by atoms with E-state index in [4.69, 9.17) is 0 Å². The van der Waals surface area contributed by atoms with Crippen molar-refractivity contribution in [2.75, 3.05) is 18.4 Å². The number of hydrogen-bond acceptors (Lipinski definition) is 8. The first-order valence-corrected chi connectivity index (χ1v) is 13.4. The van der Waals surface area contributed by atoms with Crippen LogP contribution in [0.3, 0.4) is 0 Å². The second kappa shape index (κ2) is 9.29. The molecule has 1 N–H and O–H groups in total. The molecule has 1 aromatic carbocycles. The zero-order chi connectivity index (χ0) is 23.8. The number of benzene rings is 1. The maximum Gasteiger partial charge on any atom is 0.280 e. The van der Waals surface area contributed by atoms with Gasteiger partial charge in [-0.05, 0) is 42.5 Å². The van der Waals surface area contributed by atoms with Crippen LogP contribution in [0.2, 0.25) is 0 Å². The van der Waals surface area contributed by atoms with Gasteiger partial charge in [-0.2, -0.15) is 4.31 Å². The summed E-state index contributed by atoms with van der Waals surface area (Å²) >= 11 is 2.41. The summed E-state index contributed by atoms with van der Waals surface area (Å²) < 4.78 is 27.5. The van der Waals surface area contributed by atoms with Crippen LogP contribution < -0.4 is 5.32 Å². The molecule has 3 aromatic rings. The molecule has 9 nitrogen and oxygen atoms in total. The van der Waals surface area contributed by atoms with E-state index in [0.29, 0.717) is 46.2 Å². The molecule has 0 bridgehead atoms. The van der Waals surface area contributed by atoms with E-state index in [1.807, 2.05) is 0 Å². The fraction of sp³-hybridized carbons (Fsp3) is 0.333. The fourth-order valence-electron chi connectivity index (χ4n) is 3.90. The molecule has 4 rings (SSSR count). The summed E-state index contributed by atoms with van der Waals surface area (Å²) in [5.74, 6) is 0.186. The smallest absolute Gasteiger partial charge is 0.280 e. The maximum atomic E-state index is 13.0. The van der Waals surface area contributed by atoms with Crippen LogP contribution >= 0.6 is 22.7 Å². The van der Waals surface area contributed by atoms with Crippen molar-refractivity contribution < 1.29 is 18.1 Å². The van der Waals surface area contributed by atoms with Crippen molar-refractivity contribution in [2.24, 2.45) is 11.8 Å². The van der Waals surface area contributed by atoms with E-state index in [1.54, 1.807) is 5.38 Å². The van der Waals surface area contributed by atoms with E-state index in [1.165, 1.54) is 62.7 Å². The Morgan fingerprint density at radius 1 is 1.15 bits per heavy atom. The molecule has 33 heavy (non-hydrogen) atoms. The second-order valence-corrected chi connectivity index (χ2v) is 11.9. The van der Waals surface area contributed by atoms with Gasteiger partial charge < -0.3 is 0 Å². The minimum Gasteiger partial charge on any atom is -0.298 e. The first kappa shape index (κ1) is 23.5. The number of nitrogens with zero attached hydrogens (tertiary/aromatic N) is 3. The van der Waals surface area contributed by atoms with Gasteiger partial charge in [-0.25, -0.2) is 13.4 Å². The number of thiazole rings is 1. The van der Waals surface area contributed by atoms with Crippen LogP contribution in [-0.2, 0) is 10.0 Å². The molecule has 0 radical (unpaired) electrons. The van der Waals surface area contributed by atoms with E-state index in [-0.39, 0.29) is 10.6 Å². The molecule has 12 heteroatoms. The quantitative estimate of drug-likeness (QED) is 0.382. The van der Waals surface area contributed by atoms with Crippen molar-refractivity contribution in [3.63, 3.8) is 0 Å². The largest absolute Gasteiger partial charge is 0.298 e. The third kappa shape index (κ3) is 5.13. The predicted molar refractivity (Wildman–Crippen MR) is 128 cm³/mol. The lowest BCUT2D eigenvalue weighted by Crippen LogP contribution is -2.42. The van der Waals surface area contributed by atoms with Crippen LogP contribution in [0.15, 0.2) is 46.0 Å². The number of nitrogens with one attached hydrogen (secondary N) is 1. The number of aromatic nitrogens is 1. The Hall–Kier alpha value is -2.67. The van der Waals surface area contributed by atoms with E-state index < -0.39 is 20.9 Å². The molecule has 2 aromatic heterocycles. The van der Waals surface area contributed by atoms with Crippen molar-refractivity contribution >= 4 is 49.4 Å². The molecule has 174 valence electrons. The Kier molecular flexibility index (Phi) is 6.61. The minimum atomic E-state index is -3.62. The molecule has 0 saturated carbocycles. The number of hydrogen-bond donors (Lipinski definition) is 1. The minimum absolute atomic E-state index is 0.00269. The molecule has 0 unspecified atom stereocenters. The van der Waals surface area contributed by atoms with Crippen LogP contribution in [0.4, 0.5) is 10.8 Å². The summed E-state index contributed by atoms with van der Waals surface area (Å²) in [6, 6.07) is 7.30. The van der Waals surface area contributed by atoms with Gasteiger partial charge in [-0.15, -0.1) is 22.7 Å². The summed E-state index contributed by atoms with van der Waals surface area (Å²) in [5.41, 5.74) is 0.842. The Morgan fingerprint density at radius 3 is 2.42 bits per heavy atom. The van der Waals surface area contributed by atoms with Gasteiger partial charge in [0.25, 0.3) is 11.6 Å². The Labute approximate surface area is 199 Å². The van der Waals surface area contributed by atoms with Gasteiger partial charge >= 0.3 is 0 Å². The fourth-order valence-corrected chi connectivity index (χ4v) is 7.17. The van der Waals surface area contributed by atoms with Crippen LogP contribution in [0, 0.1) is 22.0 Å². The van der Waals surface area contributed by atoms with Crippen molar-refractivity contribution in [2.45, 2.75) is 25.2 Å². The number of amides is 1. The molecule has 1 aliphatic rings. The molecular weight excluding hydrogens is 484 g/mol. The summed E-state index contributed by atoms with van der Waals surface area (Å²) in [4.78, 5) is 28.1. The van der Waals surface area contributed by atoms with Crippen molar-refractivity contribution in [3.8, 4) is 10.6 Å². The standard InChI is InChI=1S/C21H22N4O5S3/c1-13-7-14(2)10-24(9-13)33(29,30)17-5-3-15(4-6-17)20(26)23-21-22-18(12-32-21)19-8-16(11-31-19)25(27)28/h3-6,8,11-14H,7,9-10H2,1-2H3,(H,22,23,26)/t13-,14+. The number of carbonyl (C=O) groups is 1. The van der Waals surface area contributed by atoms with Gasteiger partial charge in [-0.3, -0.25) is 20.2 Å². The molecule has 3 heterocycles. The van der Waals surface area contributed by atoms with E-state index >= 15 is 0 Å². The average molecular weight is 507 g/mol. The van der Waals surface area contributed by atoms with Gasteiger partial charge in [0, 0.05) is 30.1 Å². The zero-order valence-electron chi connectivity index (χ0n) is 17.9. The number of rotatable bonds is 6. The third-order valence-electron chi connectivity index (χ3n) is 5.36. The molecule has 1 aliphatic heterocycles. The molecule has 0 spiro atoms. The second-order valence-electron chi connectivity index (χ2n) is 8.21. The number of nitro groups is 1. The molecule has 1 saturated heterocycles. The van der Waals surface area contributed by atoms with Gasteiger partial charge in [0.15, 0.2) is 5.13 Å². The first-order valence-electron chi connectivity index (χ1n) is 10.2. The number of piperidine rings is 1. The highest BCUT2D eigenvalue weighted by Gasteiger charge is 2.31. The number of thiophene rings is 1. The number of sulfonamides is 1. The highest BCUT2D eigenvalue weighted by Crippen LogP contribution is 2.33. The number of anilines is 1. The zero-order valence-corrected chi connectivity index (χ0v) is 20.4. The predicted octanol–water partition coefficient (Wildman–Crippen LogP) is 4.70. The lowest BCUT2D eigenvalue weighted by atomic mass is 9.94. The monoisotopic (exact) mass is 506 g/mol. The summed E-state index contributed by atoms with van der Waals surface area (Å²) in [6.45, 7) is 5.09. The van der Waals surface area contributed by atoms with Crippen LogP contribution in [-0.4, -0.2) is 41.6 Å². The molecule has 1 amide bonds. The molecule has 1 fully saturated rings. The van der Waals surface area contributed by atoms with Gasteiger partial charge in [-0.1, -0.05) is 13.8 Å². The lowest BCUT2D eigenvalue weighted by molar-refractivity contribution is -0.384. The highest BCUT2D eigenvalue weighted by molar-refractivity contribution is 7.89. The first-order chi connectivity index (χ1) is 15.6. The van der Waals surface area contributed by atoms with Crippen molar-refractivity contribution in [3.05, 3.63) is 56.8 Å². The average Bonchev–Trinajstić information content (AvgIpc) is 3.43. The maximum absolute atomic E-state index is 13.0. The lowest BCUT2D eigenvalue weighted by Gasteiger charge is -2.34. The Balaban J connectivity index is 1.44. The van der Waals surface area contributed by atoms with E-state index in [9.17, 15) is 23.3 Å². The molecular formula is C21H22N4O5S3. The molecule has 2 atom stereocenters. The van der Waals surface area contributed by atoms with Gasteiger partial charge in [0.1, 0.15) is 0 Å². The third-order valence-corrected chi connectivity index (χ3v) is 8.91. The summed E-state index contributed by atoms with van der Waals surface area (Å²) in [7, 11) is -3.62. The van der Waals surface area contributed by atoms with Crippen LogP contribution in [0.1, 0.15) is 30.6 Å². The Bertz CT molecular complexity index is 1270. The van der Waals surface area contributed by atoms with E-state index in [2.05, 4.69) is 24.1 Å². The van der Waals surface area contributed by atoms with Crippen molar-refractivity contribution in [1.29, 1.82) is 0 Å². The van der Waals surface area contributed by atoms with Crippen LogP contribution in [0.5, 0.6) is 0 Å². The summed E-state index contributed by atoms with van der Waals surface area (Å²) in [6.07, 6.45) is 1.01. The normalized spacial score (nSPS) is 19.3.